The minimum Gasteiger partial charge on any atom is -0.451 e. The molecule has 0 radical (unpaired) electrons. The van der Waals surface area contributed by atoms with Gasteiger partial charge in [-0.2, -0.15) is 4.98 Å². The Bertz CT molecular complexity index is 4290. The summed E-state index contributed by atoms with van der Waals surface area (Å²) in [6, 6.07) is 6.56. The maximum atomic E-state index is 11.9. The van der Waals surface area contributed by atoms with Crippen molar-refractivity contribution in [2.45, 2.75) is 131 Å². The Morgan fingerprint density at radius 3 is 1.29 bits per heavy atom. The summed E-state index contributed by atoms with van der Waals surface area (Å²) < 4.78 is 68.0. The van der Waals surface area contributed by atoms with Gasteiger partial charge in [0.05, 0.1) is 53.5 Å². The number of aliphatic hydroxyl groups excluding tert-OH is 2. The minimum absolute atomic E-state index is 0.101. The molecule has 0 fully saturated rings. The van der Waals surface area contributed by atoms with Gasteiger partial charge in [0.2, 0.25) is 16.0 Å². The highest BCUT2D eigenvalue weighted by Crippen LogP contribution is 2.37. The van der Waals surface area contributed by atoms with Crippen molar-refractivity contribution in [2.24, 2.45) is 0 Å². The number of aliphatic hydroxyl groups is 2. The lowest BCUT2D eigenvalue weighted by Gasteiger charge is -2.15. The van der Waals surface area contributed by atoms with Gasteiger partial charge < -0.3 is 57.4 Å². The number of hydrogen-bond donors (Lipinski definition) is 9. The number of aromatic nitrogens is 12. The van der Waals surface area contributed by atoms with Crippen LogP contribution in [0.2, 0.25) is 19.6 Å². The molecule has 28 nitrogen and oxygen atoms in total. The van der Waals surface area contributed by atoms with Crippen LogP contribution in [0, 0.1) is 49.4 Å². The van der Waals surface area contributed by atoms with Crippen LogP contribution in [-0.4, -0.2) is 122 Å². The first-order chi connectivity index (χ1) is 43.9. The third kappa shape index (κ3) is 23.3. The lowest BCUT2D eigenvalue weighted by atomic mass is 10.0. The van der Waals surface area contributed by atoms with E-state index in [1.54, 1.807) is 51.6 Å². The van der Waals surface area contributed by atoms with E-state index in [0.29, 0.717) is 74.9 Å². The number of anilines is 6. The molecule has 500 valence electrons. The van der Waals surface area contributed by atoms with E-state index in [9.17, 15) is 17.7 Å². The molecule has 2 atom stereocenters. The average molecular weight is 1340 g/mol. The van der Waals surface area contributed by atoms with Crippen LogP contribution in [0.1, 0.15) is 130 Å². The molecule has 13 N–H and O–H groups in total. The molecule has 0 amide bonds. The topological polar surface area (TPSA) is 435 Å². The molecule has 0 aliphatic rings. The van der Waals surface area contributed by atoms with Gasteiger partial charge in [0.25, 0.3) is 0 Å². The molecule has 31 heteroatoms. The largest absolute Gasteiger partial charge is 0.451 e. The van der Waals surface area contributed by atoms with Crippen LogP contribution in [0.4, 0.5) is 35.0 Å². The predicted octanol–water partition coefficient (Wildman–Crippen LogP) is 9.79. The molecular formula is C63H83N19O9S2Si. The molecule has 2 unspecified atom stereocenters. The first-order valence-electron chi connectivity index (χ1n) is 29.3. The zero-order chi connectivity index (χ0) is 70.0. The summed E-state index contributed by atoms with van der Waals surface area (Å²) in [5.74, 6) is 12.8. The molecule has 0 aliphatic heterocycles. The van der Waals surface area contributed by atoms with Crippen molar-refractivity contribution in [3.05, 3.63) is 125 Å². The molecule has 8 rings (SSSR count). The Kier molecular flexibility index (Phi) is 26.3. The Hall–Kier alpha value is -9.92. The van der Waals surface area contributed by atoms with Gasteiger partial charge in [-0.3, -0.25) is 4.72 Å². The van der Waals surface area contributed by atoms with Crippen LogP contribution in [0.3, 0.4) is 0 Å². The third-order valence-corrected chi connectivity index (χ3v) is 15.0. The molecule has 0 saturated carbocycles. The van der Waals surface area contributed by atoms with Crippen LogP contribution in [0.5, 0.6) is 46.0 Å². The average Bonchev–Trinajstić information content (AvgIpc) is 0.839. The monoisotopic (exact) mass is 1340 g/mol. The maximum Gasteiger partial charge on any atom is 0.230 e. The van der Waals surface area contributed by atoms with Crippen molar-refractivity contribution in [3.8, 4) is 69.8 Å². The van der Waals surface area contributed by atoms with E-state index in [1.165, 1.54) is 37.0 Å². The Morgan fingerprint density at radius 1 is 0.543 bits per heavy atom. The number of nitrogen functional groups attached to an aromatic ring is 4. The van der Waals surface area contributed by atoms with Gasteiger partial charge in [-0.25, -0.2) is 72.2 Å². The van der Waals surface area contributed by atoms with Gasteiger partial charge in [0.15, 0.2) is 46.3 Å². The van der Waals surface area contributed by atoms with Crippen LogP contribution >= 0.6 is 0 Å². The van der Waals surface area contributed by atoms with Crippen LogP contribution in [0.25, 0.3) is 0 Å². The third-order valence-electron chi connectivity index (χ3n) is 12.5. The van der Waals surface area contributed by atoms with Gasteiger partial charge in [-0.1, -0.05) is 86.9 Å². The molecule has 8 aromatic rings. The summed E-state index contributed by atoms with van der Waals surface area (Å²) >= 11 is 0. The second-order valence-electron chi connectivity index (χ2n) is 23.4. The Morgan fingerprint density at radius 2 is 0.915 bits per heavy atom. The number of aryl methyl sites for hydroxylation is 3. The molecule has 8 heterocycles. The van der Waals surface area contributed by atoms with Crippen molar-refractivity contribution >= 4 is 62.9 Å². The fourth-order valence-electron chi connectivity index (χ4n) is 7.68. The SMILES string of the molecule is C#Cc1cc(Oc2cnc(NCC(O)CO)nc2N)c(C(C)C)cn1.Cc1ncc(Oc2cc(C#C[Si](C)(C)C)ncc2C(C)C)c(N)n1.Cc1ncc(Oc2cc(NS(C)(=O)=O)ncc2C(C)C)c(N)n1.Cc1ncc(Oc2cc(S(C)(=N)=O)ncc2C(C)C)c(N)n1. The second kappa shape index (κ2) is 33.1. The Balaban J connectivity index is 0.000000227. The highest BCUT2D eigenvalue weighted by Gasteiger charge is 2.20. The van der Waals surface area contributed by atoms with Gasteiger partial charge in [-0.05, 0) is 44.4 Å². The number of terminal acetylenes is 1. The molecule has 0 spiro atoms. The maximum absolute atomic E-state index is 11.9. The molecule has 8 aromatic heterocycles. The van der Waals surface area contributed by atoms with E-state index in [1.807, 2.05) is 53.8 Å². The van der Waals surface area contributed by atoms with E-state index in [2.05, 4.69) is 121 Å². The second-order valence-corrected chi connectivity index (χ2v) is 32.0. The zero-order valence-electron chi connectivity index (χ0n) is 55.6. The molecule has 0 saturated heterocycles. The smallest absolute Gasteiger partial charge is 0.230 e. The number of sulfonamides is 1. The van der Waals surface area contributed by atoms with Gasteiger partial charge in [0.1, 0.15) is 70.8 Å². The number of nitrogens with one attached hydrogen (secondary N) is 3. The number of nitrogens with two attached hydrogens (primary N) is 4. The first kappa shape index (κ1) is 74.8. The van der Waals surface area contributed by atoms with E-state index in [4.69, 9.17) is 58.2 Å². The number of pyridine rings is 4. The minimum atomic E-state index is -3.43. The van der Waals surface area contributed by atoms with E-state index >= 15 is 0 Å². The van der Waals surface area contributed by atoms with Crippen LogP contribution in [-0.2, 0) is 19.8 Å². The fourth-order valence-corrected chi connectivity index (χ4v) is 9.26. The van der Waals surface area contributed by atoms with Crippen LogP contribution in [0.15, 0.2) is 78.9 Å². The van der Waals surface area contributed by atoms with Gasteiger partial charge >= 0.3 is 0 Å². The molecule has 94 heavy (non-hydrogen) atoms. The summed E-state index contributed by atoms with van der Waals surface area (Å²) in [5, 5.41) is 21.1. The van der Waals surface area contributed by atoms with Crippen molar-refractivity contribution in [1.82, 2.24) is 59.8 Å². The van der Waals surface area contributed by atoms with Crippen molar-refractivity contribution in [1.29, 1.82) is 4.78 Å². The summed E-state index contributed by atoms with van der Waals surface area (Å²) in [4.78, 5) is 49.5. The summed E-state index contributed by atoms with van der Waals surface area (Å²) in [5.41, 5.74) is 31.5. The zero-order valence-corrected chi connectivity index (χ0v) is 58.2. The lowest BCUT2D eigenvalue weighted by molar-refractivity contribution is 0.105. The molecular weight excluding hydrogens is 1260 g/mol. The summed E-state index contributed by atoms with van der Waals surface area (Å²) in [6.45, 7) is 27.7. The first-order valence-corrected chi connectivity index (χ1v) is 36.6. The standard InChI is InChI=1S/C18H24N4OSi.C17H21N5O3.C14H19N5O3S.C14H19N5O2S/c1-12(2)15-10-21-14(7-8-24(4,5)6)9-16(15)23-17-11-20-13(3)22-18(17)19;1-4-11-5-14(13(7-19-11)10(2)3)25-15-8-21-17(22-16(15)18)20-6-12(24)9-23;1-8(2)10-6-17-13(19-23(4,20)21)5-11(10)22-12-7-16-9(3)18-14(12)15;1-8(2)10-6-18-13(22(4,16)20)5-11(10)21-12-7-17-9(3)19-14(12)15/h9-12H,1-6H3,(H2,19,20,22);1,5,7-8,10,12,23-24H,6,9H2,2-3H3,(H3,18,20,21,22);5-8H,1-4H3,(H,17,19)(H2,15,16,18);5-8,16H,1-4H3,(H2,15,17,19). The van der Waals surface area contributed by atoms with Gasteiger partial charge in [-0.15, -0.1) is 12.0 Å². The molecule has 0 aromatic carbocycles. The summed E-state index contributed by atoms with van der Waals surface area (Å²) in [7, 11) is -7.83. The number of nitrogens with zero attached hydrogens (tertiary/aromatic N) is 12. The summed E-state index contributed by atoms with van der Waals surface area (Å²) in [6.07, 6.45) is 19.5. The van der Waals surface area contributed by atoms with Crippen LogP contribution < -0.4 is 51.9 Å². The fraction of sp³-hybridized carbons (Fsp3) is 0.365. The molecule has 0 bridgehead atoms. The van der Waals surface area contributed by atoms with E-state index in [0.717, 1.165) is 28.5 Å². The highest BCUT2D eigenvalue weighted by molar-refractivity contribution is 7.92. The normalized spacial score (nSPS) is 12.1. The van der Waals surface area contributed by atoms with Gasteiger partial charge in [0, 0.05) is 84.1 Å². The van der Waals surface area contributed by atoms with E-state index in [-0.39, 0.29) is 76.8 Å². The lowest BCUT2D eigenvalue weighted by Crippen LogP contribution is -2.23. The quantitative estimate of drug-likeness (QED) is 0.0268. The number of rotatable bonds is 19. The predicted molar refractivity (Wildman–Crippen MR) is 367 cm³/mol. The van der Waals surface area contributed by atoms with E-state index < -0.39 is 33.9 Å². The number of hydrogen-bond acceptors (Lipinski definition) is 27. The molecule has 0 aliphatic carbocycles. The highest BCUT2D eigenvalue weighted by atomic mass is 32.2. The number of ether oxygens (including phenoxy) is 4. The van der Waals surface area contributed by atoms with Crippen molar-refractivity contribution in [3.63, 3.8) is 0 Å². The van der Waals surface area contributed by atoms with Crippen molar-refractivity contribution < 1.29 is 41.8 Å². The van der Waals surface area contributed by atoms with Crippen molar-refractivity contribution in [2.75, 3.05) is 58.6 Å². The Labute approximate surface area is 550 Å².